The smallest absolute Gasteiger partial charge is 0.309 e. The molecule has 31 heavy (non-hydrogen) atoms. The standard InChI is InChI=1S/C23H21FN4O3/c1-28-23(25-26-27-28)20(12-11-19-13-18(29)14-21(30)31-19)22(15-5-3-2-4-6-15)16-7-9-17(24)10-8-16/h2-12,18-19,29H,13-14H2,1H3/b12-11+,22-20-/t18-,19-/m1/s1. The topological polar surface area (TPSA) is 90.1 Å². The van der Waals surface area contributed by atoms with Crippen LogP contribution < -0.4 is 0 Å². The first kappa shape index (κ1) is 20.6. The van der Waals surface area contributed by atoms with Gasteiger partial charge in [0.1, 0.15) is 11.9 Å². The van der Waals surface area contributed by atoms with Crippen molar-refractivity contribution in [2.75, 3.05) is 0 Å². The van der Waals surface area contributed by atoms with E-state index in [1.807, 2.05) is 30.3 Å². The molecule has 0 aliphatic carbocycles. The lowest BCUT2D eigenvalue weighted by molar-refractivity contribution is -0.156. The van der Waals surface area contributed by atoms with E-state index in [1.54, 1.807) is 31.3 Å². The number of hydrogen-bond acceptors (Lipinski definition) is 6. The minimum Gasteiger partial charge on any atom is -0.458 e. The van der Waals surface area contributed by atoms with E-state index in [2.05, 4.69) is 15.5 Å². The lowest BCUT2D eigenvalue weighted by Crippen LogP contribution is -2.31. The highest BCUT2D eigenvalue weighted by Gasteiger charge is 2.26. The maximum absolute atomic E-state index is 13.6. The zero-order valence-corrected chi connectivity index (χ0v) is 16.9. The normalized spacial score (nSPS) is 19.9. The molecule has 2 heterocycles. The van der Waals surface area contributed by atoms with Crippen molar-refractivity contribution in [1.29, 1.82) is 0 Å². The highest BCUT2D eigenvalue weighted by Crippen LogP contribution is 2.33. The molecule has 3 aromatic rings. The van der Waals surface area contributed by atoms with Crippen LogP contribution in [0.5, 0.6) is 0 Å². The number of nitrogens with zero attached hydrogens (tertiary/aromatic N) is 4. The molecule has 1 aliphatic rings. The minimum absolute atomic E-state index is 0.00884. The number of ether oxygens (including phenoxy) is 1. The zero-order chi connectivity index (χ0) is 21.8. The van der Waals surface area contributed by atoms with Crippen molar-refractivity contribution in [2.24, 2.45) is 7.05 Å². The number of rotatable bonds is 5. The lowest BCUT2D eigenvalue weighted by Gasteiger charge is -2.23. The van der Waals surface area contributed by atoms with Gasteiger partial charge in [-0.2, -0.15) is 0 Å². The second-order valence-corrected chi connectivity index (χ2v) is 7.27. The van der Waals surface area contributed by atoms with Gasteiger partial charge in [0.05, 0.1) is 12.5 Å². The van der Waals surface area contributed by atoms with Gasteiger partial charge in [-0.3, -0.25) is 4.79 Å². The molecule has 1 saturated heterocycles. The van der Waals surface area contributed by atoms with Gasteiger partial charge in [0, 0.05) is 19.0 Å². The van der Waals surface area contributed by atoms with E-state index in [1.165, 1.54) is 16.8 Å². The van der Waals surface area contributed by atoms with Gasteiger partial charge in [-0.25, -0.2) is 9.07 Å². The minimum atomic E-state index is -0.745. The fourth-order valence-corrected chi connectivity index (χ4v) is 3.56. The Morgan fingerprint density at radius 1 is 1.16 bits per heavy atom. The van der Waals surface area contributed by atoms with Crippen LogP contribution in [0, 0.1) is 5.82 Å². The van der Waals surface area contributed by atoms with Gasteiger partial charge in [0.2, 0.25) is 0 Å². The van der Waals surface area contributed by atoms with Crippen LogP contribution in [-0.4, -0.2) is 43.5 Å². The van der Waals surface area contributed by atoms with Crippen LogP contribution in [0.3, 0.4) is 0 Å². The number of aliphatic hydroxyl groups is 1. The van der Waals surface area contributed by atoms with Gasteiger partial charge >= 0.3 is 5.97 Å². The predicted octanol–water partition coefficient (Wildman–Crippen LogP) is 2.93. The van der Waals surface area contributed by atoms with Crippen LogP contribution in [0.4, 0.5) is 4.39 Å². The van der Waals surface area contributed by atoms with Crippen molar-refractivity contribution >= 4 is 17.1 Å². The van der Waals surface area contributed by atoms with Gasteiger partial charge in [0.15, 0.2) is 5.82 Å². The molecule has 1 fully saturated rings. The number of tetrazole rings is 1. The zero-order valence-electron chi connectivity index (χ0n) is 16.9. The predicted molar refractivity (Wildman–Crippen MR) is 112 cm³/mol. The highest BCUT2D eigenvalue weighted by molar-refractivity contribution is 6.00. The number of cyclic esters (lactones) is 1. The summed E-state index contributed by atoms with van der Waals surface area (Å²) in [6.07, 6.45) is 2.49. The first-order chi connectivity index (χ1) is 15.0. The Balaban J connectivity index is 1.89. The summed E-state index contributed by atoms with van der Waals surface area (Å²) in [5, 5.41) is 21.8. The SMILES string of the molecule is Cn1nnnc1C(/C=C/[C@@H]1C[C@@H](O)CC(=O)O1)=C(/c1ccccc1)c1ccc(F)cc1. The van der Waals surface area contributed by atoms with Crippen LogP contribution in [0.2, 0.25) is 0 Å². The first-order valence-corrected chi connectivity index (χ1v) is 9.85. The van der Waals surface area contributed by atoms with E-state index in [-0.39, 0.29) is 12.2 Å². The largest absolute Gasteiger partial charge is 0.458 e. The van der Waals surface area contributed by atoms with E-state index in [0.717, 1.165) is 16.7 Å². The third kappa shape index (κ3) is 4.75. The molecule has 1 aliphatic heterocycles. The molecule has 0 radical (unpaired) electrons. The molecule has 2 atom stereocenters. The molecule has 4 rings (SSSR count). The monoisotopic (exact) mass is 420 g/mol. The Labute approximate surface area is 178 Å². The van der Waals surface area contributed by atoms with Crippen molar-refractivity contribution in [3.63, 3.8) is 0 Å². The van der Waals surface area contributed by atoms with Crippen LogP contribution in [0.25, 0.3) is 11.1 Å². The molecule has 7 nitrogen and oxygen atoms in total. The summed E-state index contributed by atoms with van der Waals surface area (Å²) in [5.74, 6) is -0.292. The number of carbonyl (C=O) groups excluding carboxylic acids is 1. The lowest BCUT2D eigenvalue weighted by atomic mass is 9.91. The Hall–Kier alpha value is -3.65. The Morgan fingerprint density at radius 3 is 2.52 bits per heavy atom. The Kier molecular flexibility index (Phi) is 5.99. The number of halogens is 1. The molecule has 1 N–H and O–H groups in total. The summed E-state index contributed by atoms with van der Waals surface area (Å²) in [6, 6.07) is 15.8. The summed E-state index contributed by atoms with van der Waals surface area (Å²) in [5.41, 5.74) is 3.12. The van der Waals surface area contributed by atoms with Crippen LogP contribution in [0.1, 0.15) is 29.8 Å². The Morgan fingerprint density at radius 2 is 1.87 bits per heavy atom. The van der Waals surface area contributed by atoms with Gasteiger partial charge in [-0.1, -0.05) is 48.5 Å². The molecule has 0 saturated carbocycles. The maximum atomic E-state index is 13.6. The van der Waals surface area contributed by atoms with Crippen molar-refractivity contribution in [3.8, 4) is 0 Å². The molecule has 0 unspecified atom stereocenters. The van der Waals surface area contributed by atoms with Crippen molar-refractivity contribution < 1.29 is 19.0 Å². The average molecular weight is 420 g/mol. The average Bonchev–Trinajstić information content (AvgIpc) is 3.17. The number of aliphatic hydroxyl groups excluding tert-OH is 1. The van der Waals surface area contributed by atoms with Crippen LogP contribution >= 0.6 is 0 Å². The molecule has 0 spiro atoms. The Bertz CT molecular complexity index is 1120. The van der Waals surface area contributed by atoms with Gasteiger partial charge in [0.25, 0.3) is 0 Å². The van der Waals surface area contributed by atoms with Crippen molar-refractivity contribution in [2.45, 2.75) is 25.0 Å². The molecule has 0 bridgehead atoms. The molecular formula is C23H21FN4O3. The van der Waals surface area contributed by atoms with Crippen LogP contribution in [-0.2, 0) is 16.6 Å². The molecule has 8 heteroatoms. The summed E-state index contributed by atoms with van der Waals surface area (Å²) < 4.78 is 20.5. The maximum Gasteiger partial charge on any atom is 0.309 e. The van der Waals surface area contributed by atoms with E-state index < -0.39 is 18.2 Å². The third-order valence-corrected chi connectivity index (χ3v) is 4.99. The first-order valence-electron chi connectivity index (χ1n) is 9.85. The van der Waals surface area contributed by atoms with E-state index in [4.69, 9.17) is 4.74 Å². The number of benzene rings is 2. The summed E-state index contributed by atoms with van der Waals surface area (Å²) in [7, 11) is 1.72. The van der Waals surface area contributed by atoms with E-state index in [0.29, 0.717) is 17.8 Å². The fraction of sp³-hybridized carbons (Fsp3) is 0.217. The number of carbonyl (C=O) groups is 1. The summed E-state index contributed by atoms with van der Waals surface area (Å²) in [6.45, 7) is 0. The van der Waals surface area contributed by atoms with Crippen LogP contribution in [0.15, 0.2) is 66.7 Å². The molecular weight excluding hydrogens is 399 g/mol. The summed E-state index contributed by atoms with van der Waals surface area (Å²) in [4.78, 5) is 11.7. The molecule has 1 aromatic heterocycles. The highest BCUT2D eigenvalue weighted by atomic mass is 19.1. The quantitative estimate of drug-likeness (QED) is 0.504. The van der Waals surface area contributed by atoms with E-state index in [9.17, 15) is 14.3 Å². The number of aryl methyl sites for hydroxylation is 1. The fourth-order valence-electron chi connectivity index (χ4n) is 3.56. The summed E-state index contributed by atoms with van der Waals surface area (Å²) >= 11 is 0. The van der Waals surface area contributed by atoms with Crippen molar-refractivity contribution in [1.82, 2.24) is 20.2 Å². The van der Waals surface area contributed by atoms with Gasteiger partial charge in [-0.15, -0.1) is 5.10 Å². The van der Waals surface area contributed by atoms with Gasteiger partial charge in [-0.05, 0) is 45.3 Å². The second kappa shape index (κ2) is 9.01. The molecule has 158 valence electrons. The van der Waals surface area contributed by atoms with Gasteiger partial charge < -0.3 is 9.84 Å². The number of esters is 1. The van der Waals surface area contributed by atoms with Crippen molar-refractivity contribution in [3.05, 3.63) is 89.5 Å². The van der Waals surface area contributed by atoms with E-state index >= 15 is 0 Å². The molecule has 0 amide bonds. The third-order valence-electron chi connectivity index (χ3n) is 4.99. The number of aromatic nitrogens is 4. The second-order valence-electron chi connectivity index (χ2n) is 7.27. The number of allylic oxidation sites excluding steroid dienone is 2. The molecule has 2 aromatic carbocycles. The number of hydrogen-bond donors (Lipinski definition) is 1.